The van der Waals surface area contributed by atoms with Crippen LogP contribution in [0.5, 0.6) is 0 Å². The maximum absolute atomic E-state index is 9.63. The van der Waals surface area contributed by atoms with Crippen LogP contribution in [0.25, 0.3) is 0 Å². The van der Waals surface area contributed by atoms with Gasteiger partial charge in [-0.3, -0.25) is 0 Å². The van der Waals surface area contributed by atoms with Crippen molar-refractivity contribution in [1.29, 1.82) is 0 Å². The number of carboxylic acid groups (broad SMARTS) is 1. The van der Waals surface area contributed by atoms with Crippen molar-refractivity contribution < 1.29 is 14.4 Å². The lowest BCUT2D eigenvalue weighted by atomic mass is 10.1. The molecule has 0 amide bonds. The highest BCUT2D eigenvalue weighted by Gasteiger charge is 2.23. The molecule has 1 fully saturated rings. The van der Waals surface area contributed by atoms with Crippen LogP contribution in [-0.2, 0) is 4.79 Å². The molecule has 1 aliphatic rings. The number of hydrogen-bond donors (Lipinski definition) is 0. The minimum absolute atomic E-state index is 0.168. The van der Waals surface area contributed by atoms with Crippen LogP contribution >= 0.6 is 11.8 Å². The van der Waals surface area contributed by atoms with Crippen LogP contribution in [0.4, 0.5) is 0 Å². The lowest BCUT2D eigenvalue weighted by Gasteiger charge is -2.37. The van der Waals surface area contributed by atoms with Crippen LogP contribution in [0.15, 0.2) is 0 Å². The molecule has 108 valence electrons. The third-order valence-electron chi connectivity index (χ3n) is 3.46. The first-order chi connectivity index (χ1) is 8.54. The molecule has 0 aliphatic carbocycles. The number of likely N-dealkylation sites (tertiary alicyclic amines) is 1. The summed E-state index contributed by atoms with van der Waals surface area (Å²) in [6.45, 7) is 6.56. The number of nitrogens with zero attached hydrogens (tertiary/aromatic N) is 1. The molecule has 0 aromatic heterocycles. The second-order valence-electron chi connectivity index (χ2n) is 5.32. The number of unbranched alkanes of at least 4 members (excludes halogenated alkanes) is 1. The third kappa shape index (κ3) is 9.77. The Kier molecular flexibility index (Phi) is 10.5. The van der Waals surface area contributed by atoms with E-state index in [1.165, 1.54) is 68.0 Å². The van der Waals surface area contributed by atoms with Gasteiger partial charge in [0.25, 0.3) is 0 Å². The summed E-state index contributed by atoms with van der Waals surface area (Å²) in [5.74, 6) is -0.308. The second-order valence-corrected chi connectivity index (χ2v) is 6.30. The quantitative estimate of drug-likeness (QED) is 0.695. The van der Waals surface area contributed by atoms with Gasteiger partial charge in [-0.2, -0.15) is 11.8 Å². The molecule has 0 radical (unpaired) electrons. The molecule has 0 N–H and O–H groups in total. The first-order valence-electron chi connectivity index (χ1n) is 7.06. The molecule has 0 bridgehead atoms. The number of aliphatic carboxylic acids is 1. The Labute approximate surface area is 117 Å². The van der Waals surface area contributed by atoms with Gasteiger partial charge in [0, 0.05) is 5.97 Å². The Balaban J connectivity index is 0.000000360. The summed E-state index contributed by atoms with van der Waals surface area (Å²) < 4.78 is 1.36. The van der Waals surface area contributed by atoms with Gasteiger partial charge in [-0.05, 0) is 44.1 Å². The average Bonchev–Trinajstić information content (AvgIpc) is 2.35. The molecule has 0 unspecified atom stereocenters. The Morgan fingerprint density at radius 3 is 2.28 bits per heavy atom. The molecule has 0 spiro atoms. The highest BCUT2D eigenvalue weighted by molar-refractivity contribution is 7.98. The lowest BCUT2D eigenvalue weighted by Crippen LogP contribution is -2.48. The monoisotopic (exact) mass is 275 g/mol. The summed E-state index contributed by atoms with van der Waals surface area (Å²) in [4.78, 5) is 9.63. The Morgan fingerprint density at radius 1 is 1.28 bits per heavy atom. The van der Waals surface area contributed by atoms with E-state index >= 15 is 0 Å². The van der Waals surface area contributed by atoms with Crippen molar-refractivity contribution in [2.24, 2.45) is 0 Å². The highest BCUT2D eigenvalue weighted by Crippen LogP contribution is 2.16. The van der Waals surface area contributed by atoms with Gasteiger partial charge < -0.3 is 14.4 Å². The molecule has 1 rings (SSSR count). The minimum Gasteiger partial charge on any atom is -0.550 e. The van der Waals surface area contributed by atoms with E-state index in [9.17, 15) is 9.90 Å². The largest absolute Gasteiger partial charge is 0.550 e. The number of thioether (sulfide) groups is 1. The number of carbonyl (C=O) groups is 1. The zero-order chi connectivity index (χ0) is 13.9. The Morgan fingerprint density at radius 2 is 1.89 bits per heavy atom. The molecule has 1 aliphatic heterocycles. The topological polar surface area (TPSA) is 40.1 Å². The fraction of sp³-hybridized carbons (Fsp3) is 0.929. The average molecular weight is 275 g/mol. The third-order valence-corrected chi connectivity index (χ3v) is 4.07. The Hall–Kier alpha value is -0.220. The summed E-state index contributed by atoms with van der Waals surface area (Å²) in [6.07, 6.45) is 9.19. The van der Waals surface area contributed by atoms with E-state index in [-0.39, 0.29) is 6.42 Å². The van der Waals surface area contributed by atoms with Crippen molar-refractivity contribution in [2.75, 3.05) is 38.7 Å². The first kappa shape index (κ1) is 17.8. The number of carbonyl (C=O) groups excluding carboxylic acids is 1. The van der Waals surface area contributed by atoms with E-state index in [1.807, 2.05) is 6.26 Å². The van der Waals surface area contributed by atoms with Crippen LogP contribution in [0.1, 0.15) is 45.4 Å². The van der Waals surface area contributed by atoms with Crippen molar-refractivity contribution >= 4 is 17.7 Å². The van der Waals surface area contributed by atoms with E-state index < -0.39 is 5.97 Å². The summed E-state index contributed by atoms with van der Waals surface area (Å²) in [7, 11) is 2.43. The number of rotatable bonds is 6. The van der Waals surface area contributed by atoms with Gasteiger partial charge in [0.2, 0.25) is 0 Å². The molecule has 0 aromatic rings. The minimum atomic E-state index is -0.964. The van der Waals surface area contributed by atoms with Crippen LogP contribution < -0.4 is 5.11 Å². The fourth-order valence-corrected chi connectivity index (χ4v) is 2.60. The van der Waals surface area contributed by atoms with Crippen LogP contribution in [0.2, 0.25) is 0 Å². The molecular formula is C14H29NO2S. The van der Waals surface area contributed by atoms with Crippen LogP contribution in [-0.4, -0.2) is 49.1 Å². The van der Waals surface area contributed by atoms with Gasteiger partial charge >= 0.3 is 0 Å². The zero-order valence-corrected chi connectivity index (χ0v) is 13.1. The van der Waals surface area contributed by atoms with Crippen LogP contribution in [0, 0.1) is 0 Å². The van der Waals surface area contributed by atoms with E-state index in [4.69, 9.17) is 0 Å². The maximum atomic E-state index is 9.63. The molecule has 0 atom stereocenters. The SMILES string of the molecule is CCCC[N+]1(C)CCCCC1.CSCCC(=O)[O-]. The lowest BCUT2D eigenvalue weighted by molar-refractivity contribution is -0.914. The molecule has 0 aromatic carbocycles. The van der Waals surface area contributed by atoms with E-state index in [0.717, 1.165) is 0 Å². The predicted octanol–water partition coefficient (Wildman–Crippen LogP) is 1.91. The van der Waals surface area contributed by atoms with Gasteiger partial charge in [-0.1, -0.05) is 13.3 Å². The fourth-order valence-electron chi connectivity index (χ4n) is 2.22. The summed E-state index contributed by atoms with van der Waals surface area (Å²) >= 11 is 1.51. The van der Waals surface area contributed by atoms with Crippen molar-refractivity contribution in [3.63, 3.8) is 0 Å². The smallest absolute Gasteiger partial charge is 0.0784 e. The first-order valence-corrected chi connectivity index (χ1v) is 8.46. The number of hydrogen-bond acceptors (Lipinski definition) is 3. The number of quaternary nitrogens is 1. The molecule has 18 heavy (non-hydrogen) atoms. The predicted molar refractivity (Wildman–Crippen MR) is 77.6 cm³/mol. The maximum Gasteiger partial charge on any atom is 0.0784 e. The van der Waals surface area contributed by atoms with Gasteiger partial charge in [0.1, 0.15) is 0 Å². The van der Waals surface area contributed by atoms with Crippen LogP contribution in [0.3, 0.4) is 0 Å². The molecule has 4 heteroatoms. The van der Waals surface area contributed by atoms with Gasteiger partial charge in [0.15, 0.2) is 0 Å². The van der Waals surface area contributed by atoms with E-state index in [1.54, 1.807) is 0 Å². The van der Waals surface area contributed by atoms with Gasteiger partial charge in [-0.25, -0.2) is 0 Å². The van der Waals surface area contributed by atoms with Gasteiger partial charge in [0.05, 0.1) is 26.7 Å². The second kappa shape index (κ2) is 10.7. The van der Waals surface area contributed by atoms with E-state index in [0.29, 0.717) is 5.75 Å². The Bertz CT molecular complexity index is 216. The highest BCUT2D eigenvalue weighted by atomic mass is 32.2. The van der Waals surface area contributed by atoms with Crippen molar-refractivity contribution in [3.05, 3.63) is 0 Å². The van der Waals surface area contributed by atoms with E-state index in [2.05, 4.69) is 14.0 Å². The van der Waals surface area contributed by atoms with Crippen molar-refractivity contribution in [2.45, 2.75) is 45.4 Å². The summed E-state index contributed by atoms with van der Waals surface area (Å²) in [6, 6.07) is 0. The molecular weight excluding hydrogens is 246 g/mol. The van der Waals surface area contributed by atoms with Gasteiger partial charge in [-0.15, -0.1) is 0 Å². The number of carboxylic acids is 1. The normalized spacial score (nSPS) is 17.7. The molecule has 1 heterocycles. The summed E-state index contributed by atoms with van der Waals surface area (Å²) in [5, 5.41) is 9.63. The van der Waals surface area contributed by atoms with Crippen molar-refractivity contribution in [1.82, 2.24) is 0 Å². The molecule has 0 saturated carbocycles. The standard InChI is InChI=1S/C10H22N.C4H8O2S/c1-3-4-8-11(2)9-6-5-7-10-11;1-7-3-2-4(5)6/h3-10H2,1-2H3;2-3H2,1H3,(H,5,6)/q+1;/p-1. The molecule has 3 nitrogen and oxygen atoms in total. The number of piperidine rings is 1. The zero-order valence-electron chi connectivity index (χ0n) is 12.2. The molecule has 1 saturated heterocycles. The van der Waals surface area contributed by atoms with Crippen molar-refractivity contribution in [3.8, 4) is 0 Å². The summed E-state index contributed by atoms with van der Waals surface area (Å²) in [5.41, 5.74) is 0.